The molecule has 5 rings (SSSR count). The van der Waals surface area contributed by atoms with Crippen LogP contribution in [0.1, 0.15) is 26.8 Å². The summed E-state index contributed by atoms with van der Waals surface area (Å²) < 4.78 is 19.0. The highest BCUT2D eigenvalue weighted by molar-refractivity contribution is 8.00. The van der Waals surface area contributed by atoms with Gasteiger partial charge in [0.15, 0.2) is 21.6 Å². The predicted octanol–water partition coefficient (Wildman–Crippen LogP) is 5.53. The highest BCUT2D eigenvalue weighted by atomic mass is 32.2. The standard InChI is InChI=1S/C25H18FN3O5S3/c1-34-17-11-14(6-9-16(17)30)20-19(21(31)18-3-2-10-35-18)22(32)23(33)29(20)24-27-28-25(37-24)36-12-13-4-7-15(26)8-5-13/h2-11,20,30,32H,12H2,1H3. The van der Waals surface area contributed by atoms with Crippen LogP contribution in [-0.4, -0.2) is 39.2 Å². The summed E-state index contributed by atoms with van der Waals surface area (Å²) in [5, 5.41) is 31.2. The number of phenols is 1. The Labute approximate surface area is 222 Å². The average molecular weight is 556 g/mol. The van der Waals surface area contributed by atoms with E-state index in [0.29, 0.717) is 20.5 Å². The van der Waals surface area contributed by atoms with Gasteiger partial charge in [-0.15, -0.1) is 21.5 Å². The lowest BCUT2D eigenvalue weighted by molar-refractivity contribution is -0.117. The summed E-state index contributed by atoms with van der Waals surface area (Å²) in [4.78, 5) is 28.3. The first-order valence-electron chi connectivity index (χ1n) is 10.8. The third kappa shape index (κ3) is 4.82. The van der Waals surface area contributed by atoms with Crippen molar-refractivity contribution >= 4 is 51.3 Å². The number of carbonyl (C=O) groups excluding carboxylic acids is 2. The largest absolute Gasteiger partial charge is 0.504 e. The first-order valence-corrected chi connectivity index (χ1v) is 13.5. The van der Waals surface area contributed by atoms with Crippen LogP contribution >= 0.6 is 34.4 Å². The van der Waals surface area contributed by atoms with E-state index >= 15 is 0 Å². The van der Waals surface area contributed by atoms with Gasteiger partial charge < -0.3 is 14.9 Å². The summed E-state index contributed by atoms with van der Waals surface area (Å²) in [6.07, 6.45) is 0. The Morgan fingerprint density at radius 3 is 2.65 bits per heavy atom. The van der Waals surface area contributed by atoms with Crippen LogP contribution in [0.2, 0.25) is 0 Å². The summed E-state index contributed by atoms with van der Waals surface area (Å²) >= 11 is 3.68. The molecule has 12 heteroatoms. The highest BCUT2D eigenvalue weighted by Gasteiger charge is 2.46. The molecule has 0 bridgehead atoms. The number of amides is 1. The molecule has 1 unspecified atom stereocenters. The molecule has 0 radical (unpaired) electrons. The number of thiophene rings is 1. The Kier molecular flexibility index (Phi) is 6.96. The number of rotatable bonds is 8. The van der Waals surface area contributed by atoms with Gasteiger partial charge in [-0.3, -0.25) is 14.5 Å². The Morgan fingerprint density at radius 2 is 1.95 bits per heavy atom. The summed E-state index contributed by atoms with van der Waals surface area (Å²) in [5.74, 6) is -1.74. The molecule has 0 aliphatic carbocycles. The van der Waals surface area contributed by atoms with E-state index in [-0.39, 0.29) is 28.0 Å². The number of aliphatic hydroxyl groups is 1. The van der Waals surface area contributed by atoms with Crippen LogP contribution in [-0.2, 0) is 10.5 Å². The van der Waals surface area contributed by atoms with Crippen LogP contribution in [0.15, 0.2) is 75.6 Å². The highest BCUT2D eigenvalue weighted by Crippen LogP contribution is 2.45. The van der Waals surface area contributed by atoms with Gasteiger partial charge in [0, 0.05) is 5.75 Å². The quantitative estimate of drug-likeness (QED) is 0.166. The predicted molar refractivity (Wildman–Crippen MR) is 139 cm³/mol. The monoisotopic (exact) mass is 555 g/mol. The number of hydrogen-bond acceptors (Lipinski definition) is 10. The van der Waals surface area contributed by atoms with Crippen molar-refractivity contribution in [3.8, 4) is 11.5 Å². The Bertz CT molecular complexity index is 1500. The van der Waals surface area contributed by atoms with E-state index in [1.807, 2.05) is 0 Å². The second-order valence-corrected chi connectivity index (χ2v) is 11.0. The van der Waals surface area contributed by atoms with Crippen LogP contribution in [0, 0.1) is 5.82 Å². The third-order valence-corrected chi connectivity index (χ3v) is 8.59. The minimum Gasteiger partial charge on any atom is -0.504 e. The molecule has 8 nitrogen and oxygen atoms in total. The number of Topliss-reactive ketones (excluding diaryl/α,β-unsaturated/α-hetero) is 1. The normalized spacial score (nSPS) is 15.5. The number of methoxy groups -OCH3 is 1. The fourth-order valence-corrected chi connectivity index (χ4v) is 6.34. The number of halogens is 1. The number of phenolic OH excluding ortho intramolecular Hbond substituents is 1. The number of hydrogen-bond donors (Lipinski definition) is 2. The molecule has 0 saturated heterocycles. The van der Waals surface area contributed by atoms with Crippen molar-refractivity contribution in [2.45, 2.75) is 16.1 Å². The average Bonchev–Trinajstić information content (AvgIpc) is 3.65. The van der Waals surface area contributed by atoms with Crippen LogP contribution in [0.5, 0.6) is 11.5 Å². The number of carbonyl (C=O) groups is 2. The minimum absolute atomic E-state index is 0.101. The van der Waals surface area contributed by atoms with E-state index in [1.165, 1.54) is 59.4 Å². The molecule has 1 atom stereocenters. The van der Waals surface area contributed by atoms with Gasteiger partial charge in [0.2, 0.25) is 10.9 Å². The number of benzene rings is 2. The molecule has 2 aromatic heterocycles. The number of aromatic nitrogens is 2. The van der Waals surface area contributed by atoms with Crippen molar-refractivity contribution in [1.29, 1.82) is 0 Å². The van der Waals surface area contributed by atoms with Crippen molar-refractivity contribution in [2.75, 3.05) is 12.0 Å². The fourth-order valence-electron chi connectivity index (χ4n) is 3.84. The lowest BCUT2D eigenvalue weighted by Crippen LogP contribution is -2.31. The van der Waals surface area contributed by atoms with Gasteiger partial charge in [0.1, 0.15) is 5.82 Å². The Morgan fingerprint density at radius 1 is 1.16 bits per heavy atom. The number of nitrogens with zero attached hydrogens (tertiary/aromatic N) is 3. The summed E-state index contributed by atoms with van der Waals surface area (Å²) in [5.41, 5.74) is 1.22. The number of anilines is 1. The first-order chi connectivity index (χ1) is 17.9. The van der Waals surface area contributed by atoms with Gasteiger partial charge in [0.25, 0.3) is 5.91 Å². The second-order valence-electron chi connectivity index (χ2n) is 7.84. The molecule has 0 saturated carbocycles. The lowest BCUT2D eigenvalue weighted by Gasteiger charge is -2.24. The van der Waals surface area contributed by atoms with Crippen molar-refractivity contribution in [2.24, 2.45) is 0 Å². The first kappa shape index (κ1) is 24.9. The maximum atomic E-state index is 13.4. The number of ketones is 1. The molecule has 37 heavy (non-hydrogen) atoms. The fraction of sp³-hybridized carbons (Fsp3) is 0.120. The van der Waals surface area contributed by atoms with Gasteiger partial charge in [-0.2, -0.15) is 0 Å². The maximum Gasteiger partial charge on any atom is 0.296 e. The molecule has 3 heterocycles. The molecular formula is C25H18FN3O5S3. The van der Waals surface area contributed by atoms with Crippen LogP contribution in [0.25, 0.3) is 0 Å². The molecule has 1 aliphatic rings. The van der Waals surface area contributed by atoms with E-state index in [9.17, 15) is 24.2 Å². The molecule has 2 aromatic carbocycles. The maximum absolute atomic E-state index is 13.4. The van der Waals surface area contributed by atoms with Gasteiger partial charge in [-0.1, -0.05) is 47.4 Å². The Balaban J connectivity index is 1.51. The number of thioether (sulfide) groups is 1. The van der Waals surface area contributed by atoms with E-state index in [4.69, 9.17) is 4.74 Å². The lowest BCUT2D eigenvalue weighted by atomic mass is 9.95. The van der Waals surface area contributed by atoms with E-state index in [0.717, 1.165) is 16.9 Å². The van der Waals surface area contributed by atoms with Crippen molar-refractivity contribution in [1.82, 2.24) is 10.2 Å². The van der Waals surface area contributed by atoms with Crippen molar-refractivity contribution in [3.05, 3.63) is 93.1 Å². The molecule has 4 aromatic rings. The molecule has 1 amide bonds. The molecule has 2 N–H and O–H groups in total. The Hall–Kier alpha value is -3.74. The molecular weight excluding hydrogens is 537 g/mol. The number of aromatic hydroxyl groups is 1. The zero-order valence-electron chi connectivity index (χ0n) is 19.1. The van der Waals surface area contributed by atoms with Crippen LogP contribution in [0.3, 0.4) is 0 Å². The minimum atomic E-state index is -1.03. The molecule has 0 fully saturated rings. The van der Waals surface area contributed by atoms with Gasteiger partial charge >= 0.3 is 0 Å². The molecule has 1 aliphatic heterocycles. The summed E-state index contributed by atoms with van der Waals surface area (Å²) in [6, 6.07) is 12.8. The van der Waals surface area contributed by atoms with Crippen molar-refractivity contribution in [3.63, 3.8) is 0 Å². The zero-order chi connectivity index (χ0) is 26.1. The smallest absolute Gasteiger partial charge is 0.296 e. The zero-order valence-corrected chi connectivity index (χ0v) is 21.6. The summed E-state index contributed by atoms with van der Waals surface area (Å²) in [7, 11) is 1.39. The number of aliphatic hydroxyl groups excluding tert-OH is 1. The van der Waals surface area contributed by atoms with Crippen LogP contribution < -0.4 is 9.64 Å². The SMILES string of the molecule is COc1cc(C2C(C(=O)c3cccs3)=C(O)C(=O)N2c2nnc(SCc3ccc(F)cc3)s2)ccc1O. The molecule has 0 spiro atoms. The van der Waals surface area contributed by atoms with E-state index < -0.39 is 23.5 Å². The number of ether oxygens (including phenoxy) is 1. The topological polar surface area (TPSA) is 113 Å². The van der Waals surface area contributed by atoms with Gasteiger partial charge in [-0.25, -0.2) is 4.39 Å². The second kappa shape index (κ2) is 10.3. The summed E-state index contributed by atoms with van der Waals surface area (Å²) in [6.45, 7) is 0. The van der Waals surface area contributed by atoms with Crippen molar-refractivity contribution < 1.29 is 28.9 Å². The van der Waals surface area contributed by atoms with E-state index in [1.54, 1.807) is 35.7 Å². The van der Waals surface area contributed by atoms with E-state index in [2.05, 4.69) is 10.2 Å². The van der Waals surface area contributed by atoms with Crippen LogP contribution in [0.4, 0.5) is 9.52 Å². The van der Waals surface area contributed by atoms with Gasteiger partial charge in [-0.05, 0) is 46.8 Å². The third-order valence-electron chi connectivity index (χ3n) is 5.59. The van der Waals surface area contributed by atoms with Gasteiger partial charge in [0.05, 0.1) is 23.6 Å². The molecule has 188 valence electrons.